The number of nitrogens with one attached hydrogen (secondary N) is 1. The Morgan fingerprint density at radius 3 is 2.69 bits per heavy atom. The molecule has 1 unspecified atom stereocenters. The Morgan fingerprint density at radius 2 is 1.94 bits per heavy atom. The van der Waals surface area contributed by atoms with Crippen molar-refractivity contribution in [3.8, 4) is 0 Å². The van der Waals surface area contributed by atoms with Crippen LogP contribution in [-0.4, -0.2) is 13.1 Å². The summed E-state index contributed by atoms with van der Waals surface area (Å²) in [4.78, 5) is 0. The van der Waals surface area contributed by atoms with E-state index in [4.69, 9.17) is 0 Å². The fourth-order valence-corrected chi connectivity index (χ4v) is 3.83. The fourth-order valence-electron chi connectivity index (χ4n) is 3.83. The first kappa shape index (κ1) is 10.3. The molecule has 0 amide bonds. The van der Waals surface area contributed by atoms with Crippen LogP contribution in [0, 0.1) is 12.3 Å². The van der Waals surface area contributed by atoms with Crippen molar-refractivity contribution in [2.24, 2.45) is 5.41 Å². The summed E-state index contributed by atoms with van der Waals surface area (Å²) in [7, 11) is 0. The first-order chi connectivity index (χ1) is 7.82. The molecule has 0 bridgehead atoms. The molecule has 1 aromatic carbocycles. The monoisotopic (exact) mass is 215 g/mol. The van der Waals surface area contributed by atoms with E-state index in [1.165, 1.54) is 44.3 Å². The van der Waals surface area contributed by atoms with Crippen molar-refractivity contribution in [3.63, 3.8) is 0 Å². The second-order valence-corrected chi connectivity index (χ2v) is 5.61. The first-order valence-electron chi connectivity index (χ1n) is 6.58. The van der Waals surface area contributed by atoms with Crippen molar-refractivity contribution < 1.29 is 0 Å². The topological polar surface area (TPSA) is 12.0 Å². The van der Waals surface area contributed by atoms with Crippen LogP contribution in [-0.2, 0) is 0 Å². The molecular weight excluding hydrogens is 194 g/mol. The molecule has 1 heteroatoms. The number of benzene rings is 1. The lowest BCUT2D eigenvalue weighted by Crippen LogP contribution is -2.25. The van der Waals surface area contributed by atoms with E-state index in [1.54, 1.807) is 5.56 Å². The summed E-state index contributed by atoms with van der Waals surface area (Å²) in [6.45, 7) is 4.69. The average Bonchev–Trinajstić information content (AvgIpc) is 2.91. The highest BCUT2D eigenvalue weighted by Gasteiger charge is 2.45. The molecule has 1 saturated heterocycles. The van der Waals surface area contributed by atoms with E-state index in [-0.39, 0.29) is 0 Å². The third kappa shape index (κ3) is 1.49. The Labute approximate surface area is 98.3 Å². The SMILES string of the molecule is Cc1ccccc1C1CNCC12CCCC2. The molecule has 1 atom stereocenters. The molecule has 0 aromatic heterocycles. The molecule has 1 spiro atoms. The van der Waals surface area contributed by atoms with E-state index in [9.17, 15) is 0 Å². The van der Waals surface area contributed by atoms with Gasteiger partial charge in [-0.2, -0.15) is 0 Å². The summed E-state index contributed by atoms with van der Waals surface area (Å²) < 4.78 is 0. The van der Waals surface area contributed by atoms with Crippen LogP contribution in [0.1, 0.15) is 42.7 Å². The Morgan fingerprint density at radius 1 is 1.19 bits per heavy atom. The van der Waals surface area contributed by atoms with Crippen LogP contribution in [0.5, 0.6) is 0 Å². The first-order valence-corrected chi connectivity index (χ1v) is 6.58. The lowest BCUT2D eigenvalue weighted by molar-refractivity contribution is 0.294. The molecule has 1 aliphatic heterocycles. The van der Waals surface area contributed by atoms with Gasteiger partial charge in [0, 0.05) is 19.0 Å². The molecule has 1 nitrogen and oxygen atoms in total. The zero-order valence-corrected chi connectivity index (χ0v) is 10.1. The minimum Gasteiger partial charge on any atom is -0.316 e. The van der Waals surface area contributed by atoms with Gasteiger partial charge in [0.2, 0.25) is 0 Å². The fraction of sp³-hybridized carbons (Fsp3) is 0.600. The lowest BCUT2D eigenvalue weighted by atomic mass is 9.72. The highest BCUT2D eigenvalue weighted by Crippen LogP contribution is 2.51. The van der Waals surface area contributed by atoms with E-state index >= 15 is 0 Å². The lowest BCUT2D eigenvalue weighted by Gasteiger charge is -2.31. The quantitative estimate of drug-likeness (QED) is 0.758. The van der Waals surface area contributed by atoms with Gasteiger partial charge in [-0.25, -0.2) is 0 Å². The van der Waals surface area contributed by atoms with Crippen molar-refractivity contribution in [2.75, 3.05) is 13.1 Å². The van der Waals surface area contributed by atoms with Crippen molar-refractivity contribution in [3.05, 3.63) is 35.4 Å². The number of aryl methyl sites for hydroxylation is 1. The largest absolute Gasteiger partial charge is 0.316 e. The van der Waals surface area contributed by atoms with Crippen molar-refractivity contribution in [2.45, 2.75) is 38.5 Å². The maximum Gasteiger partial charge on any atom is 0.00347 e. The smallest absolute Gasteiger partial charge is 0.00347 e. The summed E-state index contributed by atoms with van der Waals surface area (Å²) >= 11 is 0. The molecule has 2 aliphatic rings. The minimum atomic E-state index is 0.589. The summed E-state index contributed by atoms with van der Waals surface area (Å²) in [6, 6.07) is 8.95. The van der Waals surface area contributed by atoms with Crippen LogP contribution in [0.25, 0.3) is 0 Å². The molecule has 2 fully saturated rings. The summed E-state index contributed by atoms with van der Waals surface area (Å²) in [5, 5.41) is 3.63. The maximum atomic E-state index is 3.63. The molecule has 1 heterocycles. The number of hydrogen-bond acceptors (Lipinski definition) is 1. The normalized spacial score (nSPS) is 27.7. The molecule has 3 rings (SSSR count). The maximum absolute atomic E-state index is 3.63. The number of hydrogen-bond donors (Lipinski definition) is 1. The van der Waals surface area contributed by atoms with Crippen LogP contribution in [0.15, 0.2) is 24.3 Å². The predicted molar refractivity (Wildman–Crippen MR) is 67.7 cm³/mol. The molecule has 1 N–H and O–H groups in total. The highest BCUT2D eigenvalue weighted by atomic mass is 14.9. The molecule has 16 heavy (non-hydrogen) atoms. The predicted octanol–water partition coefficient (Wildman–Crippen LogP) is 3.24. The molecular formula is C15H21N. The summed E-state index contributed by atoms with van der Waals surface area (Å²) in [5.41, 5.74) is 3.66. The van der Waals surface area contributed by atoms with Gasteiger partial charge in [-0.15, -0.1) is 0 Å². The van der Waals surface area contributed by atoms with Crippen LogP contribution in [0.2, 0.25) is 0 Å². The van der Waals surface area contributed by atoms with Gasteiger partial charge in [-0.1, -0.05) is 37.1 Å². The Balaban J connectivity index is 1.97. The van der Waals surface area contributed by atoms with Gasteiger partial charge in [0.25, 0.3) is 0 Å². The van der Waals surface area contributed by atoms with E-state index in [1.807, 2.05) is 0 Å². The zero-order valence-electron chi connectivity index (χ0n) is 10.1. The van der Waals surface area contributed by atoms with Gasteiger partial charge >= 0.3 is 0 Å². The van der Waals surface area contributed by atoms with E-state index in [2.05, 4.69) is 36.5 Å². The van der Waals surface area contributed by atoms with E-state index in [0.29, 0.717) is 5.41 Å². The third-order valence-electron chi connectivity index (χ3n) is 4.73. The van der Waals surface area contributed by atoms with E-state index < -0.39 is 0 Å². The number of rotatable bonds is 1. The standard InChI is InChI=1S/C15H21N/c1-12-6-2-3-7-13(12)14-10-16-11-15(14)8-4-5-9-15/h2-3,6-7,14,16H,4-5,8-11H2,1H3. The van der Waals surface area contributed by atoms with Gasteiger partial charge in [0.05, 0.1) is 0 Å². The molecule has 86 valence electrons. The van der Waals surface area contributed by atoms with Gasteiger partial charge < -0.3 is 5.32 Å². The van der Waals surface area contributed by atoms with Crippen molar-refractivity contribution in [1.82, 2.24) is 5.32 Å². The van der Waals surface area contributed by atoms with Crippen LogP contribution in [0.3, 0.4) is 0 Å². The van der Waals surface area contributed by atoms with E-state index in [0.717, 1.165) is 5.92 Å². The van der Waals surface area contributed by atoms with Gasteiger partial charge in [-0.3, -0.25) is 0 Å². The molecule has 1 aromatic rings. The van der Waals surface area contributed by atoms with Gasteiger partial charge in [0.15, 0.2) is 0 Å². The zero-order chi connectivity index (χ0) is 11.0. The Kier molecular flexibility index (Phi) is 2.51. The summed E-state index contributed by atoms with van der Waals surface area (Å²) in [6.07, 6.45) is 5.73. The van der Waals surface area contributed by atoms with Gasteiger partial charge in [-0.05, 0) is 36.3 Å². The van der Waals surface area contributed by atoms with Gasteiger partial charge in [0.1, 0.15) is 0 Å². The third-order valence-corrected chi connectivity index (χ3v) is 4.73. The van der Waals surface area contributed by atoms with Crippen LogP contribution in [0.4, 0.5) is 0 Å². The van der Waals surface area contributed by atoms with Crippen LogP contribution >= 0.6 is 0 Å². The van der Waals surface area contributed by atoms with Crippen molar-refractivity contribution in [1.29, 1.82) is 0 Å². The summed E-state index contributed by atoms with van der Waals surface area (Å²) in [5.74, 6) is 0.760. The Bertz CT molecular complexity index is 371. The second-order valence-electron chi connectivity index (χ2n) is 5.61. The van der Waals surface area contributed by atoms with Crippen molar-refractivity contribution >= 4 is 0 Å². The second kappa shape index (κ2) is 3.89. The highest BCUT2D eigenvalue weighted by molar-refractivity contribution is 5.33. The Hall–Kier alpha value is -0.820. The minimum absolute atomic E-state index is 0.589. The molecule has 0 radical (unpaired) electrons. The molecule has 1 saturated carbocycles. The van der Waals surface area contributed by atoms with Crippen LogP contribution < -0.4 is 5.32 Å². The molecule has 1 aliphatic carbocycles. The average molecular weight is 215 g/mol.